The highest BCUT2D eigenvalue weighted by Gasteiger charge is 2.46. The van der Waals surface area contributed by atoms with E-state index < -0.39 is 17.3 Å². The van der Waals surface area contributed by atoms with Crippen molar-refractivity contribution >= 4 is 35.1 Å². The minimum absolute atomic E-state index is 0.229. The fraction of sp³-hybridized carbons (Fsp3) is 0.150. The summed E-state index contributed by atoms with van der Waals surface area (Å²) in [4.78, 5) is 38.6. The largest absolute Gasteiger partial charge is 0.480 e. The lowest BCUT2D eigenvalue weighted by Crippen LogP contribution is -2.47. The molecule has 1 aromatic carbocycles. The highest BCUT2D eigenvalue weighted by Crippen LogP contribution is 2.50. The summed E-state index contributed by atoms with van der Waals surface area (Å²) in [6, 6.07) is 7.95. The molecule has 0 aliphatic carbocycles. The smallest absolute Gasteiger partial charge is 0.327 e. The van der Waals surface area contributed by atoms with Crippen molar-refractivity contribution in [1.29, 1.82) is 0 Å². The second-order valence-corrected chi connectivity index (χ2v) is 7.90. The van der Waals surface area contributed by atoms with Crippen molar-refractivity contribution in [3.8, 4) is 11.8 Å². The molecule has 2 aliphatic rings. The summed E-state index contributed by atoms with van der Waals surface area (Å²) >= 11 is 1.15. The van der Waals surface area contributed by atoms with Gasteiger partial charge in [-0.25, -0.2) is 19.7 Å². The van der Waals surface area contributed by atoms with Gasteiger partial charge in [0, 0.05) is 24.2 Å². The van der Waals surface area contributed by atoms with Gasteiger partial charge in [-0.3, -0.25) is 9.69 Å². The molecular formula is C20H15N5O4S. The summed E-state index contributed by atoms with van der Waals surface area (Å²) in [7, 11) is 0. The van der Waals surface area contributed by atoms with E-state index in [-0.39, 0.29) is 12.0 Å². The van der Waals surface area contributed by atoms with Gasteiger partial charge < -0.3 is 15.2 Å². The summed E-state index contributed by atoms with van der Waals surface area (Å²) in [5, 5.41) is 12.2. The van der Waals surface area contributed by atoms with E-state index >= 15 is 0 Å². The van der Waals surface area contributed by atoms with Crippen LogP contribution in [0.1, 0.15) is 17.2 Å². The van der Waals surface area contributed by atoms with Crippen LogP contribution in [0.4, 0.5) is 16.2 Å². The standard InChI is InChI=1S/C20H15N5O4S/c1-10-9-11(29-19-22-6-2-7-23-19)3-4-12(10)25-13-5-8-21-17-14(13)15(24-20(25)28)16(30-17)18(26)27/h2-9,15-16H,1H3,(H,24,28)(H,26,27). The molecule has 30 heavy (non-hydrogen) atoms. The summed E-state index contributed by atoms with van der Waals surface area (Å²) < 4.78 is 5.66. The number of carbonyl (C=O) groups is 2. The summed E-state index contributed by atoms with van der Waals surface area (Å²) in [5.74, 6) is -0.442. The molecule has 2 aliphatic heterocycles. The second-order valence-electron chi connectivity index (χ2n) is 6.77. The number of nitrogens with zero attached hydrogens (tertiary/aromatic N) is 4. The minimum atomic E-state index is -0.983. The number of carboxylic acids is 1. The van der Waals surface area contributed by atoms with Crippen molar-refractivity contribution in [2.24, 2.45) is 0 Å². The van der Waals surface area contributed by atoms with E-state index in [0.29, 0.717) is 22.2 Å². The molecule has 2 unspecified atom stereocenters. The Kier molecular flexibility index (Phi) is 4.28. The maximum Gasteiger partial charge on any atom is 0.327 e. The third kappa shape index (κ3) is 2.92. The highest BCUT2D eigenvalue weighted by molar-refractivity contribution is 8.00. The summed E-state index contributed by atoms with van der Waals surface area (Å²) in [6.07, 6.45) is 4.77. The second kappa shape index (κ2) is 6.99. The van der Waals surface area contributed by atoms with Crippen LogP contribution in [0.2, 0.25) is 0 Å². The predicted molar refractivity (Wildman–Crippen MR) is 108 cm³/mol. The first-order chi connectivity index (χ1) is 14.5. The van der Waals surface area contributed by atoms with Crippen LogP contribution in [0.5, 0.6) is 11.8 Å². The molecule has 0 radical (unpaired) electrons. The van der Waals surface area contributed by atoms with Gasteiger partial charge in [-0.15, -0.1) is 0 Å². The van der Waals surface area contributed by atoms with Crippen LogP contribution in [0, 0.1) is 6.92 Å². The molecule has 150 valence electrons. The Balaban J connectivity index is 1.53. The fourth-order valence-electron chi connectivity index (χ4n) is 3.64. The summed E-state index contributed by atoms with van der Waals surface area (Å²) in [5.41, 5.74) is 2.81. The van der Waals surface area contributed by atoms with Crippen LogP contribution in [0.15, 0.2) is 53.9 Å². The minimum Gasteiger partial charge on any atom is -0.480 e. The quantitative estimate of drug-likeness (QED) is 0.658. The van der Waals surface area contributed by atoms with Crippen LogP contribution in [-0.2, 0) is 4.79 Å². The van der Waals surface area contributed by atoms with E-state index in [0.717, 1.165) is 22.9 Å². The average Bonchev–Trinajstić information content (AvgIpc) is 3.10. The molecule has 2 amide bonds. The number of anilines is 2. The van der Waals surface area contributed by atoms with Crippen molar-refractivity contribution in [3.05, 3.63) is 60.0 Å². The number of urea groups is 1. The van der Waals surface area contributed by atoms with Crippen molar-refractivity contribution in [2.75, 3.05) is 4.90 Å². The Morgan fingerprint density at radius 3 is 2.70 bits per heavy atom. The Morgan fingerprint density at radius 1 is 1.17 bits per heavy atom. The number of amides is 2. The van der Waals surface area contributed by atoms with Gasteiger partial charge in [0.25, 0.3) is 0 Å². The zero-order valence-electron chi connectivity index (χ0n) is 15.6. The number of benzene rings is 1. The van der Waals surface area contributed by atoms with E-state index in [1.54, 1.807) is 53.8 Å². The Hall–Kier alpha value is -3.66. The Bertz CT molecular complexity index is 1170. The highest BCUT2D eigenvalue weighted by atomic mass is 32.2. The molecule has 5 rings (SSSR count). The van der Waals surface area contributed by atoms with Crippen LogP contribution in [0.3, 0.4) is 0 Å². The van der Waals surface area contributed by atoms with Crippen molar-refractivity contribution in [2.45, 2.75) is 23.2 Å². The number of nitrogens with one attached hydrogen (secondary N) is 1. The number of pyridine rings is 1. The van der Waals surface area contributed by atoms with Gasteiger partial charge in [-0.1, -0.05) is 11.8 Å². The monoisotopic (exact) mass is 421 g/mol. The Labute approximate surface area is 175 Å². The number of hydrogen-bond donors (Lipinski definition) is 2. The first-order valence-corrected chi connectivity index (χ1v) is 9.95. The van der Waals surface area contributed by atoms with Gasteiger partial charge in [0.1, 0.15) is 16.0 Å². The molecule has 0 saturated heterocycles. The molecule has 4 heterocycles. The Morgan fingerprint density at radius 2 is 1.97 bits per heavy atom. The number of rotatable bonds is 4. The number of hydrogen-bond acceptors (Lipinski definition) is 7. The van der Waals surface area contributed by atoms with E-state index in [1.807, 2.05) is 6.92 Å². The molecule has 2 N–H and O–H groups in total. The predicted octanol–water partition coefficient (Wildman–Crippen LogP) is 3.43. The van der Waals surface area contributed by atoms with Crippen LogP contribution in [0.25, 0.3) is 0 Å². The zero-order valence-corrected chi connectivity index (χ0v) is 16.5. The average molecular weight is 421 g/mol. The zero-order chi connectivity index (χ0) is 20.8. The molecular weight excluding hydrogens is 406 g/mol. The summed E-state index contributed by atoms with van der Waals surface area (Å²) in [6.45, 7) is 1.86. The molecule has 0 fully saturated rings. The number of carboxylic acid groups (broad SMARTS) is 1. The first-order valence-electron chi connectivity index (χ1n) is 9.07. The first kappa shape index (κ1) is 18.4. The molecule has 10 heteroatoms. The topological polar surface area (TPSA) is 118 Å². The third-order valence-corrected chi connectivity index (χ3v) is 6.19. The van der Waals surface area contributed by atoms with Gasteiger partial charge in [0.2, 0.25) is 0 Å². The number of thioether (sulfide) groups is 1. The van der Waals surface area contributed by atoms with Crippen molar-refractivity contribution in [1.82, 2.24) is 20.3 Å². The van der Waals surface area contributed by atoms with Crippen molar-refractivity contribution in [3.63, 3.8) is 0 Å². The number of ether oxygens (including phenoxy) is 1. The van der Waals surface area contributed by atoms with Gasteiger partial charge in [0.15, 0.2) is 0 Å². The molecule has 2 aromatic heterocycles. The van der Waals surface area contributed by atoms with Gasteiger partial charge in [-0.2, -0.15) is 0 Å². The molecule has 2 atom stereocenters. The molecule has 0 bridgehead atoms. The van der Waals surface area contributed by atoms with E-state index in [1.165, 1.54) is 0 Å². The van der Waals surface area contributed by atoms with E-state index in [9.17, 15) is 14.7 Å². The van der Waals surface area contributed by atoms with E-state index in [2.05, 4.69) is 20.3 Å². The van der Waals surface area contributed by atoms with Gasteiger partial charge >= 0.3 is 18.0 Å². The molecule has 9 nitrogen and oxygen atoms in total. The maximum absolute atomic E-state index is 13.0. The lowest BCUT2D eigenvalue weighted by Gasteiger charge is -2.34. The normalized spacial score (nSPS) is 19.2. The molecule has 0 saturated carbocycles. The molecule has 3 aromatic rings. The van der Waals surface area contributed by atoms with Crippen LogP contribution >= 0.6 is 11.8 Å². The number of aromatic nitrogens is 3. The van der Waals surface area contributed by atoms with Crippen molar-refractivity contribution < 1.29 is 19.4 Å². The lowest BCUT2D eigenvalue weighted by atomic mass is 10.00. The lowest BCUT2D eigenvalue weighted by molar-refractivity contribution is -0.136. The van der Waals surface area contributed by atoms with Crippen LogP contribution < -0.4 is 15.0 Å². The number of aryl methyl sites for hydroxylation is 1. The van der Waals surface area contributed by atoms with E-state index in [4.69, 9.17) is 4.74 Å². The third-order valence-electron chi connectivity index (χ3n) is 4.91. The van der Waals surface area contributed by atoms with Gasteiger partial charge in [-0.05, 0) is 42.8 Å². The number of carbonyl (C=O) groups excluding carboxylic acids is 1. The molecule has 0 spiro atoms. The maximum atomic E-state index is 13.0. The number of aliphatic carboxylic acids is 1. The van der Waals surface area contributed by atoms with Crippen LogP contribution in [-0.4, -0.2) is 37.3 Å². The SMILES string of the molecule is Cc1cc(Oc2ncccn2)ccc1N1C(=O)NC2c3c1ccnc3SC2C(=O)O. The van der Waals surface area contributed by atoms with Gasteiger partial charge in [0.05, 0.1) is 17.4 Å². The fourth-order valence-corrected chi connectivity index (χ4v) is 4.80.